The molecule has 2 aromatic rings. The first-order valence-electron chi connectivity index (χ1n) is 5.22. The Morgan fingerprint density at radius 1 is 1.13 bits per heavy atom. The van der Waals surface area contributed by atoms with Crippen molar-refractivity contribution < 1.29 is 0 Å². The second kappa shape index (κ2) is 3.05. The number of nitrogens with zero attached hydrogens (tertiary/aromatic N) is 3. The summed E-state index contributed by atoms with van der Waals surface area (Å²) in [5.41, 5.74) is 4.43. The van der Waals surface area contributed by atoms with Gasteiger partial charge in [0, 0.05) is 17.8 Å². The highest BCUT2D eigenvalue weighted by Crippen LogP contribution is 2.26. The van der Waals surface area contributed by atoms with Gasteiger partial charge in [-0.15, -0.1) is 0 Å². The molecular weight excluding hydrogens is 186 g/mol. The van der Waals surface area contributed by atoms with E-state index >= 15 is 0 Å². The molecule has 0 aliphatic rings. The molecule has 15 heavy (non-hydrogen) atoms. The van der Waals surface area contributed by atoms with Crippen molar-refractivity contribution in [2.24, 2.45) is 0 Å². The van der Waals surface area contributed by atoms with Gasteiger partial charge in [0.15, 0.2) is 5.65 Å². The standard InChI is InChI=1S/C12H17N3/c1-8-10(12(3,4)5)15-7-6-13-9(2)11(15)14-8/h6-7H,1-5H3. The monoisotopic (exact) mass is 203 g/mol. The highest BCUT2D eigenvalue weighted by Gasteiger charge is 2.22. The maximum absolute atomic E-state index is 4.58. The van der Waals surface area contributed by atoms with Gasteiger partial charge in [-0.3, -0.25) is 4.98 Å². The van der Waals surface area contributed by atoms with Crippen LogP contribution in [0, 0.1) is 13.8 Å². The molecule has 0 saturated heterocycles. The molecule has 3 heteroatoms. The van der Waals surface area contributed by atoms with Gasteiger partial charge >= 0.3 is 0 Å². The molecule has 0 aliphatic carbocycles. The topological polar surface area (TPSA) is 30.2 Å². The smallest absolute Gasteiger partial charge is 0.158 e. The van der Waals surface area contributed by atoms with Crippen LogP contribution in [-0.2, 0) is 5.41 Å². The van der Waals surface area contributed by atoms with Gasteiger partial charge in [-0.1, -0.05) is 20.8 Å². The van der Waals surface area contributed by atoms with Gasteiger partial charge in [-0.2, -0.15) is 0 Å². The van der Waals surface area contributed by atoms with Gasteiger partial charge in [0.1, 0.15) is 0 Å². The lowest BCUT2D eigenvalue weighted by atomic mass is 9.91. The van der Waals surface area contributed by atoms with Crippen LogP contribution in [0.4, 0.5) is 0 Å². The minimum atomic E-state index is 0.108. The third-order valence-corrected chi connectivity index (χ3v) is 2.60. The maximum Gasteiger partial charge on any atom is 0.158 e. The van der Waals surface area contributed by atoms with E-state index in [9.17, 15) is 0 Å². The van der Waals surface area contributed by atoms with Crippen molar-refractivity contribution in [2.75, 3.05) is 0 Å². The molecule has 3 nitrogen and oxygen atoms in total. The second-order valence-corrected chi connectivity index (χ2v) is 5.00. The molecule has 2 aromatic heterocycles. The zero-order chi connectivity index (χ0) is 11.2. The number of hydrogen-bond acceptors (Lipinski definition) is 2. The van der Waals surface area contributed by atoms with E-state index in [2.05, 4.69) is 42.1 Å². The van der Waals surface area contributed by atoms with E-state index in [1.54, 1.807) is 0 Å². The van der Waals surface area contributed by atoms with Gasteiger partial charge in [0.05, 0.1) is 17.1 Å². The van der Waals surface area contributed by atoms with Crippen LogP contribution < -0.4 is 0 Å². The van der Waals surface area contributed by atoms with E-state index in [1.807, 2.05) is 19.3 Å². The Hall–Kier alpha value is -1.38. The van der Waals surface area contributed by atoms with E-state index in [-0.39, 0.29) is 5.41 Å². The predicted octanol–water partition coefficient (Wildman–Crippen LogP) is 2.64. The van der Waals surface area contributed by atoms with Crippen molar-refractivity contribution in [1.29, 1.82) is 0 Å². The summed E-state index contributed by atoms with van der Waals surface area (Å²) in [5.74, 6) is 0. The molecule has 0 aliphatic heterocycles. The van der Waals surface area contributed by atoms with Crippen LogP contribution in [0.1, 0.15) is 37.9 Å². The minimum Gasteiger partial charge on any atom is -0.300 e. The zero-order valence-corrected chi connectivity index (χ0v) is 10.00. The number of rotatable bonds is 0. The molecule has 2 heterocycles. The summed E-state index contributed by atoms with van der Waals surface area (Å²) in [6, 6.07) is 0. The Bertz CT molecular complexity index is 503. The molecule has 0 spiro atoms. The minimum absolute atomic E-state index is 0.108. The van der Waals surface area contributed by atoms with Crippen molar-refractivity contribution in [3.8, 4) is 0 Å². The van der Waals surface area contributed by atoms with E-state index in [1.165, 1.54) is 5.69 Å². The molecule has 0 fully saturated rings. The van der Waals surface area contributed by atoms with Crippen molar-refractivity contribution in [1.82, 2.24) is 14.4 Å². The molecule has 0 N–H and O–H groups in total. The lowest BCUT2D eigenvalue weighted by Gasteiger charge is -2.19. The molecule has 0 atom stereocenters. The molecule has 2 rings (SSSR count). The number of imidazole rings is 1. The van der Waals surface area contributed by atoms with Crippen molar-refractivity contribution >= 4 is 5.65 Å². The van der Waals surface area contributed by atoms with E-state index < -0.39 is 0 Å². The summed E-state index contributed by atoms with van der Waals surface area (Å²) in [4.78, 5) is 8.84. The lowest BCUT2D eigenvalue weighted by Crippen LogP contribution is -2.15. The summed E-state index contributed by atoms with van der Waals surface area (Å²) in [5, 5.41) is 0. The largest absolute Gasteiger partial charge is 0.300 e. The Labute approximate surface area is 90.2 Å². The summed E-state index contributed by atoms with van der Waals surface area (Å²) in [6.07, 6.45) is 3.82. The summed E-state index contributed by atoms with van der Waals surface area (Å²) < 4.78 is 2.15. The van der Waals surface area contributed by atoms with Gasteiger partial charge in [-0.05, 0) is 13.8 Å². The van der Waals surface area contributed by atoms with Crippen LogP contribution in [0.3, 0.4) is 0 Å². The predicted molar refractivity (Wildman–Crippen MR) is 61.2 cm³/mol. The zero-order valence-electron chi connectivity index (χ0n) is 10.00. The summed E-state index contributed by atoms with van der Waals surface area (Å²) in [6.45, 7) is 10.7. The maximum atomic E-state index is 4.58. The lowest BCUT2D eigenvalue weighted by molar-refractivity contribution is 0.558. The Kier molecular flexibility index (Phi) is 2.07. The van der Waals surface area contributed by atoms with Crippen LogP contribution in [-0.4, -0.2) is 14.4 Å². The Morgan fingerprint density at radius 3 is 2.40 bits per heavy atom. The second-order valence-electron chi connectivity index (χ2n) is 5.00. The Morgan fingerprint density at radius 2 is 1.80 bits per heavy atom. The first-order chi connectivity index (χ1) is 6.91. The fourth-order valence-corrected chi connectivity index (χ4v) is 2.12. The third kappa shape index (κ3) is 1.52. The molecule has 80 valence electrons. The van der Waals surface area contributed by atoms with Crippen molar-refractivity contribution in [3.05, 3.63) is 29.5 Å². The molecule has 0 unspecified atom stereocenters. The highest BCUT2D eigenvalue weighted by atomic mass is 15.0. The summed E-state index contributed by atoms with van der Waals surface area (Å²) in [7, 11) is 0. The fraction of sp³-hybridized carbons (Fsp3) is 0.500. The van der Waals surface area contributed by atoms with Crippen LogP contribution in [0.25, 0.3) is 5.65 Å². The normalized spacial score (nSPS) is 12.3. The number of hydrogen-bond donors (Lipinski definition) is 0. The molecule has 0 saturated carbocycles. The number of aromatic nitrogens is 3. The number of fused-ring (bicyclic) bond motifs is 1. The van der Waals surface area contributed by atoms with Gasteiger partial charge < -0.3 is 4.40 Å². The first-order valence-corrected chi connectivity index (χ1v) is 5.22. The molecular formula is C12H17N3. The van der Waals surface area contributed by atoms with Crippen molar-refractivity contribution in [3.63, 3.8) is 0 Å². The summed E-state index contributed by atoms with van der Waals surface area (Å²) >= 11 is 0. The van der Waals surface area contributed by atoms with E-state index in [0.717, 1.165) is 17.0 Å². The van der Waals surface area contributed by atoms with E-state index in [0.29, 0.717) is 0 Å². The third-order valence-electron chi connectivity index (χ3n) is 2.60. The number of aryl methyl sites for hydroxylation is 2. The average Bonchev–Trinajstić information content (AvgIpc) is 2.41. The van der Waals surface area contributed by atoms with Crippen LogP contribution >= 0.6 is 0 Å². The van der Waals surface area contributed by atoms with Gasteiger partial charge in [0.25, 0.3) is 0 Å². The van der Waals surface area contributed by atoms with E-state index in [4.69, 9.17) is 0 Å². The highest BCUT2D eigenvalue weighted by molar-refractivity contribution is 5.48. The van der Waals surface area contributed by atoms with Crippen molar-refractivity contribution in [2.45, 2.75) is 40.0 Å². The molecule has 0 radical (unpaired) electrons. The Balaban J connectivity index is 2.86. The molecule has 0 aromatic carbocycles. The fourth-order valence-electron chi connectivity index (χ4n) is 2.12. The quantitative estimate of drug-likeness (QED) is 0.659. The van der Waals surface area contributed by atoms with Gasteiger partial charge in [0.2, 0.25) is 0 Å². The molecule has 0 bridgehead atoms. The molecule has 0 amide bonds. The van der Waals surface area contributed by atoms with Crippen LogP contribution in [0.5, 0.6) is 0 Å². The van der Waals surface area contributed by atoms with Gasteiger partial charge in [-0.25, -0.2) is 4.98 Å². The van der Waals surface area contributed by atoms with Crippen LogP contribution in [0.2, 0.25) is 0 Å². The SMILES string of the molecule is Cc1nc2c(C)nccn2c1C(C)(C)C. The van der Waals surface area contributed by atoms with Crippen LogP contribution in [0.15, 0.2) is 12.4 Å². The average molecular weight is 203 g/mol. The first kappa shape index (κ1) is 10.1.